The monoisotopic (exact) mass is 345 g/mol. The average Bonchev–Trinajstić information content (AvgIpc) is 3.21. The standard InChI is InChI=1S/C20H19N5O/c1-14-16(15-6-2-3-7-17(15)23-14)12-22-24-20(26)10-11-25-13-21-18-8-4-5-9-19(18)25/h2-9,12-13,23H,10-11H2,1H3,(H,24,26). The summed E-state index contributed by atoms with van der Waals surface area (Å²) >= 11 is 0. The van der Waals surface area contributed by atoms with Crippen LogP contribution >= 0.6 is 0 Å². The van der Waals surface area contributed by atoms with Gasteiger partial charge in [-0.15, -0.1) is 0 Å². The number of imidazole rings is 1. The molecule has 0 aliphatic carbocycles. The Kier molecular flexibility index (Phi) is 4.23. The third-order valence-corrected chi connectivity index (χ3v) is 4.43. The number of aromatic amines is 1. The molecular weight excluding hydrogens is 326 g/mol. The minimum absolute atomic E-state index is 0.128. The van der Waals surface area contributed by atoms with Crippen molar-refractivity contribution in [3.8, 4) is 0 Å². The van der Waals surface area contributed by atoms with Crippen LogP contribution in [-0.2, 0) is 11.3 Å². The zero-order chi connectivity index (χ0) is 17.9. The van der Waals surface area contributed by atoms with E-state index in [9.17, 15) is 4.79 Å². The highest BCUT2D eigenvalue weighted by atomic mass is 16.2. The van der Waals surface area contributed by atoms with Gasteiger partial charge in [-0.3, -0.25) is 4.79 Å². The van der Waals surface area contributed by atoms with Crippen LogP contribution in [0.3, 0.4) is 0 Å². The lowest BCUT2D eigenvalue weighted by Gasteiger charge is -2.03. The molecule has 4 aromatic rings. The molecule has 0 saturated carbocycles. The number of H-pyrrole nitrogens is 1. The van der Waals surface area contributed by atoms with Crippen molar-refractivity contribution in [3.63, 3.8) is 0 Å². The Labute approximate surface area is 150 Å². The first-order chi connectivity index (χ1) is 12.7. The van der Waals surface area contributed by atoms with Crippen LogP contribution in [0.1, 0.15) is 17.7 Å². The number of amides is 1. The van der Waals surface area contributed by atoms with Crippen LogP contribution in [0.2, 0.25) is 0 Å². The number of rotatable bonds is 5. The molecule has 0 bridgehead atoms. The molecule has 2 aromatic carbocycles. The fourth-order valence-electron chi connectivity index (χ4n) is 3.10. The predicted octanol–water partition coefficient (Wildman–Crippen LogP) is 3.37. The fourth-order valence-corrected chi connectivity index (χ4v) is 3.10. The van der Waals surface area contributed by atoms with Gasteiger partial charge < -0.3 is 9.55 Å². The number of aryl methyl sites for hydroxylation is 2. The Balaban J connectivity index is 1.39. The Morgan fingerprint density at radius 3 is 2.96 bits per heavy atom. The van der Waals surface area contributed by atoms with E-state index in [0.29, 0.717) is 13.0 Å². The average molecular weight is 345 g/mol. The third kappa shape index (κ3) is 3.09. The maximum absolute atomic E-state index is 12.1. The number of carbonyl (C=O) groups is 1. The number of carbonyl (C=O) groups excluding carboxylic acids is 1. The second-order valence-electron chi connectivity index (χ2n) is 6.18. The highest BCUT2D eigenvalue weighted by Crippen LogP contribution is 2.19. The van der Waals surface area contributed by atoms with Gasteiger partial charge >= 0.3 is 0 Å². The fraction of sp³-hybridized carbons (Fsp3) is 0.150. The quantitative estimate of drug-likeness (QED) is 0.430. The van der Waals surface area contributed by atoms with Crippen LogP contribution in [0.25, 0.3) is 21.9 Å². The lowest BCUT2D eigenvalue weighted by Crippen LogP contribution is -2.19. The molecule has 0 aliphatic rings. The number of nitrogens with one attached hydrogen (secondary N) is 2. The van der Waals surface area contributed by atoms with Crippen molar-refractivity contribution in [1.29, 1.82) is 0 Å². The van der Waals surface area contributed by atoms with Crippen LogP contribution < -0.4 is 5.43 Å². The molecular formula is C20H19N5O. The van der Waals surface area contributed by atoms with Gasteiger partial charge in [-0.05, 0) is 25.1 Å². The molecule has 0 unspecified atom stereocenters. The van der Waals surface area contributed by atoms with Crippen LogP contribution in [0, 0.1) is 6.92 Å². The first-order valence-corrected chi connectivity index (χ1v) is 8.51. The van der Waals surface area contributed by atoms with E-state index >= 15 is 0 Å². The molecule has 0 saturated heterocycles. The van der Waals surface area contributed by atoms with Gasteiger partial charge in [-0.1, -0.05) is 30.3 Å². The van der Waals surface area contributed by atoms with Crippen LogP contribution in [0.5, 0.6) is 0 Å². The topological polar surface area (TPSA) is 75.1 Å². The number of benzene rings is 2. The number of nitrogens with zero attached hydrogens (tertiary/aromatic N) is 3. The van der Waals surface area contributed by atoms with Gasteiger partial charge in [-0.25, -0.2) is 10.4 Å². The van der Waals surface area contributed by atoms with Gasteiger partial charge in [0.2, 0.25) is 5.91 Å². The van der Waals surface area contributed by atoms with Crippen molar-refractivity contribution in [2.24, 2.45) is 5.10 Å². The van der Waals surface area contributed by atoms with E-state index in [0.717, 1.165) is 33.2 Å². The van der Waals surface area contributed by atoms with E-state index in [1.807, 2.05) is 60.0 Å². The number of fused-ring (bicyclic) bond motifs is 2. The van der Waals surface area contributed by atoms with Crippen LogP contribution in [-0.4, -0.2) is 26.7 Å². The van der Waals surface area contributed by atoms with Gasteiger partial charge in [0.1, 0.15) is 0 Å². The molecule has 6 heteroatoms. The van der Waals surface area contributed by atoms with Crippen molar-refractivity contribution < 1.29 is 4.79 Å². The smallest absolute Gasteiger partial charge is 0.241 e. The molecule has 2 heterocycles. The zero-order valence-electron chi connectivity index (χ0n) is 14.4. The zero-order valence-corrected chi connectivity index (χ0v) is 14.4. The maximum Gasteiger partial charge on any atom is 0.241 e. The number of hydrogen-bond acceptors (Lipinski definition) is 3. The molecule has 0 atom stereocenters. The Morgan fingerprint density at radius 1 is 1.23 bits per heavy atom. The first kappa shape index (κ1) is 16.1. The van der Waals surface area contributed by atoms with Gasteiger partial charge in [0, 0.05) is 35.1 Å². The van der Waals surface area contributed by atoms with E-state index in [4.69, 9.17) is 0 Å². The SMILES string of the molecule is Cc1[nH]c2ccccc2c1C=NNC(=O)CCn1cnc2ccccc21. The van der Waals surface area contributed by atoms with E-state index in [-0.39, 0.29) is 5.91 Å². The number of hydrogen-bond donors (Lipinski definition) is 2. The summed E-state index contributed by atoms with van der Waals surface area (Å²) < 4.78 is 1.97. The molecule has 26 heavy (non-hydrogen) atoms. The van der Waals surface area contributed by atoms with Crippen molar-refractivity contribution in [2.75, 3.05) is 0 Å². The summed E-state index contributed by atoms with van der Waals surface area (Å²) in [4.78, 5) is 19.7. The summed E-state index contributed by atoms with van der Waals surface area (Å²) in [7, 11) is 0. The van der Waals surface area contributed by atoms with Crippen LogP contribution in [0.15, 0.2) is 60.0 Å². The summed E-state index contributed by atoms with van der Waals surface area (Å²) in [5.74, 6) is -0.128. The molecule has 2 aromatic heterocycles. The van der Waals surface area contributed by atoms with E-state index in [2.05, 4.69) is 20.5 Å². The van der Waals surface area contributed by atoms with Crippen molar-refractivity contribution >= 4 is 34.1 Å². The lowest BCUT2D eigenvalue weighted by molar-refractivity contribution is -0.121. The Hall–Kier alpha value is -3.41. The number of hydrazone groups is 1. The van der Waals surface area contributed by atoms with Crippen molar-refractivity contribution in [3.05, 3.63) is 66.1 Å². The summed E-state index contributed by atoms with van der Waals surface area (Å²) in [5, 5.41) is 5.21. The largest absolute Gasteiger partial charge is 0.358 e. The molecule has 0 fully saturated rings. The predicted molar refractivity (Wildman–Crippen MR) is 103 cm³/mol. The van der Waals surface area contributed by atoms with E-state index in [1.165, 1.54) is 0 Å². The molecule has 6 nitrogen and oxygen atoms in total. The van der Waals surface area contributed by atoms with Crippen molar-refractivity contribution in [1.82, 2.24) is 20.0 Å². The minimum atomic E-state index is -0.128. The second kappa shape index (κ2) is 6.84. The van der Waals surface area contributed by atoms with Gasteiger partial charge in [-0.2, -0.15) is 5.10 Å². The summed E-state index contributed by atoms with van der Waals surface area (Å²) in [6.45, 7) is 2.56. The van der Waals surface area contributed by atoms with Gasteiger partial charge in [0.15, 0.2) is 0 Å². The van der Waals surface area contributed by atoms with Gasteiger partial charge in [0.05, 0.1) is 23.6 Å². The maximum atomic E-state index is 12.1. The number of aromatic nitrogens is 3. The third-order valence-electron chi connectivity index (χ3n) is 4.43. The second-order valence-corrected chi connectivity index (χ2v) is 6.18. The highest BCUT2D eigenvalue weighted by molar-refractivity contribution is 6.00. The van der Waals surface area contributed by atoms with Crippen molar-refractivity contribution in [2.45, 2.75) is 19.9 Å². The normalized spacial score (nSPS) is 11.6. The number of para-hydroxylation sites is 3. The molecule has 0 spiro atoms. The highest BCUT2D eigenvalue weighted by Gasteiger charge is 2.07. The molecule has 1 amide bonds. The molecule has 0 radical (unpaired) electrons. The Morgan fingerprint density at radius 2 is 2.04 bits per heavy atom. The Bertz CT molecular complexity index is 1110. The molecule has 0 aliphatic heterocycles. The molecule has 130 valence electrons. The minimum Gasteiger partial charge on any atom is -0.358 e. The lowest BCUT2D eigenvalue weighted by atomic mass is 10.1. The summed E-state index contributed by atoms with van der Waals surface area (Å²) in [6.07, 6.45) is 3.79. The van der Waals surface area contributed by atoms with Crippen LogP contribution in [0.4, 0.5) is 0 Å². The molecule has 2 N–H and O–H groups in total. The van der Waals surface area contributed by atoms with Gasteiger partial charge in [0.25, 0.3) is 0 Å². The summed E-state index contributed by atoms with van der Waals surface area (Å²) in [6, 6.07) is 15.9. The molecule has 4 rings (SSSR count). The van der Waals surface area contributed by atoms with E-state index < -0.39 is 0 Å². The summed E-state index contributed by atoms with van der Waals surface area (Å²) in [5.41, 5.74) is 7.63. The van der Waals surface area contributed by atoms with E-state index in [1.54, 1.807) is 12.5 Å². The first-order valence-electron chi connectivity index (χ1n) is 8.51.